The Morgan fingerprint density at radius 1 is 0.929 bits per heavy atom. The molecule has 0 unspecified atom stereocenters. The van der Waals surface area contributed by atoms with Crippen molar-refractivity contribution in [1.82, 2.24) is 0 Å². The molecule has 0 N–H and O–H groups in total. The van der Waals surface area contributed by atoms with Gasteiger partial charge in [-0.15, -0.1) is 12.2 Å². The SMILES string of the molecule is CC(C)N=P(S)(C(C)(C)C)C(C)(C)C. The summed E-state index contributed by atoms with van der Waals surface area (Å²) in [7, 11) is 0. The van der Waals surface area contributed by atoms with Gasteiger partial charge in [0.05, 0.1) is 0 Å². The Labute approximate surface area is 95.3 Å². The summed E-state index contributed by atoms with van der Waals surface area (Å²) in [4.78, 5) is 0. The van der Waals surface area contributed by atoms with Gasteiger partial charge in [0.25, 0.3) is 0 Å². The molecule has 1 nitrogen and oxygen atoms in total. The van der Waals surface area contributed by atoms with Crippen molar-refractivity contribution < 1.29 is 0 Å². The maximum absolute atomic E-state index is 4.96. The van der Waals surface area contributed by atoms with Crippen molar-refractivity contribution in [3.8, 4) is 0 Å². The van der Waals surface area contributed by atoms with Crippen LogP contribution in [0.25, 0.3) is 0 Å². The molecule has 86 valence electrons. The van der Waals surface area contributed by atoms with Gasteiger partial charge in [-0.1, -0.05) is 41.5 Å². The summed E-state index contributed by atoms with van der Waals surface area (Å²) >= 11 is 4.96. The van der Waals surface area contributed by atoms with Gasteiger partial charge in [-0.2, -0.15) is 0 Å². The highest BCUT2D eigenvalue weighted by molar-refractivity contribution is 8.49. The summed E-state index contributed by atoms with van der Waals surface area (Å²) < 4.78 is 4.93. The van der Waals surface area contributed by atoms with Crippen LogP contribution in [0.2, 0.25) is 0 Å². The predicted octanol–water partition coefficient (Wildman–Crippen LogP) is 5.04. The average Bonchev–Trinajstić information content (AvgIpc) is 1.79. The molecule has 0 aliphatic carbocycles. The first kappa shape index (κ1) is 14.6. The van der Waals surface area contributed by atoms with Crippen molar-refractivity contribution in [2.45, 2.75) is 71.7 Å². The molecular formula is C11H26NPS. The monoisotopic (exact) mass is 235 g/mol. The lowest BCUT2D eigenvalue weighted by Crippen LogP contribution is -2.26. The van der Waals surface area contributed by atoms with Gasteiger partial charge in [-0.3, -0.25) is 4.74 Å². The standard InChI is InChI=1S/C11H26NPS/c1-9(2)12-13(14,10(3,4)5)11(6,7)8/h9,14H,1-8H3. The van der Waals surface area contributed by atoms with E-state index in [9.17, 15) is 0 Å². The van der Waals surface area contributed by atoms with Crippen LogP contribution in [-0.4, -0.2) is 16.4 Å². The fourth-order valence-corrected chi connectivity index (χ4v) is 5.68. The van der Waals surface area contributed by atoms with Crippen LogP contribution in [0, 0.1) is 0 Å². The summed E-state index contributed by atoms with van der Waals surface area (Å²) in [6.07, 6.45) is -1.57. The first-order valence-electron chi connectivity index (χ1n) is 5.26. The van der Waals surface area contributed by atoms with Gasteiger partial charge < -0.3 is 0 Å². The number of hydrogen-bond donors (Lipinski definition) is 1. The maximum atomic E-state index is 4.96. The minimum atomic E-state index is -1.57. The second-order valence-electron chi connectivity index (χ2n) is 6.15. The Morgan fingerprint density at radius 3 is 1.29 bits per heavy atom. The van der Waals surface area contributed by atoms with E-state index in [0.29, 0.717) is 6.04 Å². The van der Waals surface area contributed by atoms with Crippen molar-refractivity contribution in [2.24, 2.45) is 4.74 Å². The third-order valence-corrected chi connectivity index (χ3v) is 10.7. The van der Waals surface area contributed by atoms with Crippen LogP contribution >= 0.6 is 18.5 Å². The molecule has 0 amide bonds. The highest BCUT2D eigenvalue weighted by Gasteiger charge is 2.40. The van der Waals surface area contributed by atoms with Crippen LogP contribution in [0.5, 0.6) is 0 Å². The summed E-state index contributed by atoms with van der Waals surface area (Å²) in [6.45, 7) is 17.8. The molecule has 0 heterocycles. The summed E-state index contributed by atoms with van der Waals surface area (Å²) in [6, 6.07) is 0.374. The number of thiol groups is 1. The molecule has 0 rings (SSSR count). The molecule has 14 heavy (non-hydrogen) atoms. The van der Waals surface area contributed by atoms with Gasteiger partial charge in [0, 0.05) is 22.6 Å². The second-order valence-corrected chi connectivity index (χ2v) is 12.0. The van der Waals surface area contributed by atoms with Gasteiger partial charge >= 0.3 is 0 Å². The minimum absolute atomic E-state index is 0.179. The molecular weight excluding hydrogens is 209 g/mol. The summed E-state index contributed by atoms with van der Waals surface area (Å²) in [5, 5.41) is 0.358. The summed E-state index contributed by atoms with van der Waals surface area (Å²) in [5.74, 6) is 0. The molecule has 0 aromatic heterocycles. The van der Waals surface area contributed by atoms with Crippen LogP contribution in [0.3, 0.4) is 0 Å². The molecule has 0 spiro atoms. The van der Waals surface area contributed by atoms with E-state index in [-0.39, 0.29) is 10.3 Å². The maximum Gasteiger partial charge on any atom is 0.0438 e. The highest BCUT2D eigenvalue weighted by atomic mass is 32.7. The van der Waals surface area contributed by atoms with E-state index < -0.39 is 6.26 Å². The Balaban J connectivity index is 5.54. The third-order valence-electron chi connectivity index (χ3n) is 2.27. The zero-order chi connectivity index (χ0) is 11.8. The predicted molar refractivity (Wildman–Crippen MR) is 73.0 cm³/mol. The van der Waals surface area contributed by atoms with Crippen molar-refractivity contribution in [3.05, 3.63) is 0 Å². The smallest absolute Gasteiger partial charge is 0.0438 e. The topological polar surface area (TPSA) is 12.4 Å². The lowest BCUT2D eigenvalue weighted by molar-refractivity contribution is 0.697. The Bertz CT molecular complexity index is 225. The Morgan fingerprint density at radius 2 is 1.21 bits per heavy atom. The van der Waals surface area contributed by atoms with Crippen LogP contribution in [-0.2, 0) is 0 Å². The van der Waals surface area contributed by atoms with E-state index >= 15 is 0 Å². The van der Waals surface area contributed by atoms with E-state index in [0.717, 1.165) is 0 Å². The van der Waals surface area contributed by atoms with E-state index in [2.05, 4.69) is 55.4 Å². The first-order chi connectivity index (χ1) is 5.92. The van der Waals surface area contributed by atoms with E-state index in [4.69, 9.17) is 17.0 Å². The molecule has 0 aliphatic heterocycles. The zero-order valence-corrected chi connectivity index (χ0v) is 12.7. The molecule has 0 bridgehead atoms. The highest BCUT2D eigenvalue weighted by Crippen LogP contribution is 2.73. The van der Waals surface area contributed by atoms with Gasteiger partial charge in [-0.05, 0) is 13.8 Å². The van der Waals surface area contributed by atoms with Crippen LogP contribution < -0.4 is 0 Å². The van der Waals surface area contributed by atoms with Gasteiger partial charge in [0.15, 0.2) is 0 Å². The zero-order valence-electron chi connectivity index (χ0n) is 10.9. The quantitative estimate of drug-likeness (QED) is 0.483. The molecule has 0 fully saturated rings. The number of hydrogen-bond acceptors (Lipinski definition) is 1. The van der Waals surface area contributed by atoms with E-state index in [1.54, 1.807) is 0 Å². The first-order valence-corrected chi connectivity index (χ1v) is 8.15. The van der Waals surface area contributed by atoms with Crippen LogP contribution in [0.4, 0.5) is 0 Å². The van der Waals surface area contributed by atoms with E-state index in [1.807, 2.05) is 0 Å². The fraction of sp³-hybridized carbons (Fsp3) is 1.00. The second kappa shape index (κ2) is 4.22. The molecule has 3 heteroatoms. The molecule has 0 atom stereocenters. The van der Waals surface area contributed by atoms with Crippen molar-refractivity contribution >= 4 is 18.5 Å². The fourth-order valence-electron chi connectivity index (χ4n) is 1.69. The van der Waals surface area contributed by atoms with Crippen LogP contribution in [0.1, 0.15) is 55.4 Å². The molecule has 0 aromatic carbocycles. The number of rotatable bonds is 1. The lowest BCUT2D eigenvalue weighted by Gasteiger charge is -2.43. The minimum Gasteiger partial charge on any atom is -0.289 e. The summed E-state index contributed by atoms with van der Waals surface area (Å²) in [5.41, 5.74) is 0. The van der Waals surface area contributed by atoms with Crippen molar-refractivity contribution in [2.75, 3.05) is 0 Å². The molecule has 0 aromatic rings. The van der Waals surface area contributed by atoms with Crippen LogP contribution in [0.15, 0.2) is 4.74 Å². The molecule has 0 radical (unpaired) electrons. The third kappa shape index (κ3) is 3.03. The average molecular weight is 235 g/mol. The molecule has 0 saturated carbocycles. The van der Waals surface area contributed by atoms with Gasteiger partial charge in [0.2, 0.25) is 0 Å². The molecule has 0 aliphatic rings. The van der Waals surface area contributed by atoms with Crippen molar-refractivity contribution in [3.63, 3.8) is 0 Å². The van der Waals surface area contributed by atoms with Crippen molar-refractivity contribution in [1.29, 1.82) is 0 Å². The Hall–Kier alpha value is 0.580. The lowest BCUT2D eigenvalue weighted by atomic mass is 10.2. The van der Waals surface area contributed by atoms with Gasteiger partial charge in [0.1, 0.15) is 0 Å². The number of nitrogens with zero attached hydrogens (tertiary/aromatic N) is 1. The largest absolute Gasteiger partial charge is 0.289 e. The Kier molecular flexibility index (Phi) is 4.39. The van der Waals surface area contributed by atoms with E-state index in [1.165, 1.54) is 0 Å². The van der Waals surface area contributed by atoms with Gasteiger partial charge in [-0.25, -0.2) is 0 Å². The molecule has 0 saturated heterocycles. The normalized spacial score (nSPS) is 14.7.